The van der Waals surface area contributed by atoms with Crippen LogP contribution >= 0.6 is 0 Å². The number of fused-ring (bicyclic) bond motifs is 2. The fraction of sp³-hybridized carbons (Fsp3) is 0.222. The number of rotatable bonds is 4. The lowest BCUT2D eigenvalue weighted by Crippen LogP contribution is -3.13. The summed E-state index contributed by atoms with van der Waals surface area (Å²) in [5.41, 5.74) is 3.97. The molecule has 1 aliphatic heterocycles. The highest BCUT2D eigenvalue weighted by Crippen LogP contribution is 2.27. The van der Waals surface area contributed by atoms with Gasteiger partial charge in [0.1, 0.15) is 6.54 Å². The highest BCUT2D eigenvalue weighted by atomic mass is 15.5. The van der Waals surface area contributed by atoms with Gasteiger partial charge in [-0.05, 0) is 34.5 Å². The fourth-order valence-electron chi connectivity index (χ4n) is 4.43. The molecule has 4 aromatic carbocycles. The van der Waals surface area contributed by atoms with E-state index in [2.05, 4.69) is 97.0 Å². The van der Waals surface area contributed by atoms with Crippen LogP contribution in [0.25, 0.3) is 21.5 Å². The van der Waals surface area contributed by atoms with Crippen LogP contribution in [-0.2, 0) is 6.54 Å². The van der Waals surface area contributed by atoms with Gasteiger partial charge in [-0.25, -0.2) is 0 Å². The van der Waals surface area contributed by atoms with Crippen molar-refractivity contribution in [3.05, 3.63) is 95.6 Å². The quantitative estimate of drug-likeness (QED) is 0.409. The zero-order chi connectivity index (χ0) is 20.3. The van der Waals surface area contributed by atoms with Gasteiger partial charge < -0.3 is 4.90 Å². The number of hydrazone groups is 1. The first-order chi connectivity index (χ1) is 14.8. The molecule has 1 aliphatic rings. The smallest absolute Gasteiger partial charge is 0.103 e. The Morgan fingerprint density at radius 2 is 1.43 bits per heavy atom. The molecule has 0 unspecified atom stereocenters. The third kappa shape index (κ3) is 3.94. The van der Waals surface area contributed by atoms with E-state index in [9.17, 15) is 0 Å². The van der Waals surface area contributed by atoms with Gasteiger partial charge in [-0.15, -0.1) is 0 Å². The lowest BCUT2D eigenvalue weighted by atomic mass is 9.97. The number of aryl methyl sites for hydroxylation is 1. The lowest BCUT2D eigenvalue weighted by Gasteiger charge is -2.30. The van der Waals surface area contributed by atoms with Gasteiger partial charge >= 0.3 is 0 Å². The number of hydrogen-bond acceptors (Lipinski definition) is 2. The van der Waals surface area contributed by atoms with Crippen molar-refractivity contribution in [3.8, 4) is 0 Å². The molecule has 0 bridgehead atoms. The second-order valence-electron chi connectivity index (χ2n) is 8.34. The van der Waals surface area contributed by atoms with Crippen LogP contribution in [-0.4, -0.2) is 37.4 Å². The maximum atomic E-state index is 4.90. The van der Waals surface area contributed by atoms with Gasteiger partial charge in [0, 0.05) is 11.1 Å². The minimum atomic E-state index is 1.00. The first-order valence-corrected chi connectivity index (χ1v) is 10.8. The average molecular weight is 395 g/mol. The first-order valence-electron chi connectivity index (χ1n) is 10.8. The summed E-state index contributed by atoms with van der Waals surface area (Å²) in [4.78, 5) is 1.64. The molecule has 3 nitrogen and oxygen atoms in total. The van der Waals surface area contributed by atoms with Crippen LogP contribution < -0.4 is 4.90 Å². The van der Waals surface area contributed by atoms with Crippen molar-refractivity contribution in [2.75, 3.05) is 26.2 Å². The fourth-order valence-corrected chi connectivity index (χ4v) is 4.43. The third-order valence-corrected chi connectivity index (χ3v) is 6.18. The van der Waals surface area contributed by atoms with Crippen LogP contribution in [0.2, 0.25) is 0 Å². The Morgan fingerprint density at radius 1 is 0.833 bits per heavy atom. The molecule has 0 aliphatic carbocycles. The summed E-state index contributed by atoms with van der Waals surface area (Å²) in [6.07, 6.45) is 2.08. The number of nitrogens with zero attached hydrogens (tertiary/aromatic N) is 2. The summed E-state index contributed by atoms with van der Waals surface area (Å²) in [7, 11) is 0. The van der Waals surface area contributed by atoms with E-state index < -0.39 is 0 Å². The van der Waals surface area contributed by atoms with E-state index in [-0.39, 0.29) is 0 Å². The summed E-state index contributed by atoms with van der Waals surface area (Å²) in [6, 6.07) is 28.4. The van der Waals surface area contributed by atoms with Crippen LogP contribution in [0.15, 0.2) is 84.0 Å². The largest absolute Gasteiger partial charge is 0.328 e. The van der Waals surface area contributed by atoms with E-state index in [4.69, 9.17) is 5.10 Å². The maximum Gasteiger partial charge on any atom is 0.103 e. The van der Waals surface area contributed by atoms with Gasteiger partial charge in [0.05, 0.1) is 32.4 Å². The molecule has 3 heteroatoms. The topological polar surface area (TPSA) is 20.0 Å². The molecule has 1 heterocycles. The van der Waals surface area contributed by atoms with Crippen molar-refractivity contribution in [1.82, 2.24) is 5.01 Å². The average Bonchev–Trinajstić information content (AvgIpc) is 2.79. The summed E-state index contributed by atoms with van der Waals surface area (Å²) in [5, 5.41) is 12.2. The normalized spacial score (nSPS) is 15.4. The molecular formula is C27H28N3+. The van der Waals surface area contributed by atoms with Crippen LogP contribution in [0.3, 0.4) is 0 Å². The lowest BCUT2D eigenvalue weighted by molar-refractivity contribution is -0.918. The maximum absolute atomic E-state index is 4.90. The molecule has 0 spiro atoms. The molecular weight excluding hydrogens is 366 g/mol. The molecule has 1 fully saturated rings. The summed E-state index contributed by atoms with van der Waals surface area (Å²) >= 11 is 0. The van der Waals surface area contributed by atoms with E-state index in [0.717, 1.165) is 32.7 Å². The molecule has 4 aromatic rings. The van der Waals surface area contributed by atoms with E-state index in [1.807, 2.05) is 0 Å². The van der Waals surface area contributed by atoms with Crippen molar-refractivity contribution in [1.29, 1.82) is 0 Å². The van der Waals surface area contributed by atoms with Gasteiger partial charge in [-0.2, -0.15) is 5.10 Å². The molecule has 1 N–H and O–H groups in total. The highest BCUT2D eigenvalue weighted by Gasteiger charge is 2.19. The Balaban J connectivity index is 1.32. The Labute approximate surface area is 178 Å². The van der Waals surface area contributed by atoms with Crippen molar-refractivity contribution in [3.63, 3.8) is 0 Å². The second kappa shape index (κ2) is 8.29. The van der Waals surface area contributed by atoms with Crippen molar-refractivity contribution < 1.29 is 4.90 Å². The molecule has 0 radical (unpaired) electrons. The first kappa shape index (κ1) is 18.8. The molecule has 0 aromatic heterocycles. The molecule has 0 atom stereocenters. The standard InChI is InChI=1S/C27H27N3/c1-21-10-12-22(13-11-21)20-29-14-16-30(17-15-29)28-19-27-25-8-4-2-6-23(25)18-24-7-3-5-9-26(24)27/h2-13,18-19H,14-17,20H2,1H3/p+1/b28-19+. The summed E-state index contributed by atoms with van der Waals surface area (Å²) in [5.74, 6) is 0. The molecule has 5 rings (SSSR count). The number of quaternary nitrogens is 1. The molecule has 0 amide bonds. The Hall–Kier alpha value is -3.17. The second-order valence-corrected chi connectivity index (χ2v) is 8.34. The Bertz CT molecular complexity index is 1130. The van der Waals surface area contributed by atoms with Crippen LogP contribution in [0.1, 0.15) is 16.7 Å². The van der Waals surface area contributed by atoms with Gasteiger partial charge in [0.15, 0.2) is 0 Å². The SMILES string of the molecule is Cc1ccc(C[NH+]2CCN(/N=C/c3c4ccccc4cc4ccccc34)CC2)cc1. The molecule has 0 saturated carbocycles. The van der Waals surface area contributed by atoms with Crippen molar-refractivity contribution >= 4 is 27.8 Å². The van der Waals surface area contributed by atoms with E-state index in [1.165, 1.54) is 38.2 Å². The molecule has 30 heavy (non-hydrogen) atoms. The number of piperazine rings is 1. The van der Waals surface area contributed by atoms with Gasteiger partial charge in [-0.3, -0.25) is 5.01 Å². The van der Waals surface area contributed by atoms with Crippen LogP contribution in [0, 0.1) is 6.92 Å². The minimum absolute atomic E-state index is 1.00. The molecule has 150 valence electrons. The van der Waals surface area contributed by atoms with Crippen LogP contribution in [0.5, 0.6) is 0 Å². The number of nitrogens with one attached hydrogen (secondary N) is 1. The van der Waals surface area contributed by atoms with Crippen LogP contribution in [0.4, 0.5) is 0 Å². The van der Waals surface area contributed by atoms with Crippen molar-refractivity contribution in [2.45, 2.75) is 13.5 Å². The summed E-state index contributed by atoms with van der Waals surface area (Å²) < 4.78 is 0. The van der Waals surface area contributed by atoms with E-state index in [0.29, 0.717) is 0 Å². The number of hydrogen-bond donors (Lipinski definition) is 1. The van der Waals surface area contributed by atoms with E-state index >= 15 is 0 Å². The Morgan fingerprint density at radius 3 is 2.07 bits per heavy atom. The van der Waals surface area contributed by atoms with Gasteiger partial charge in [0.2, 0.25) is 0 Å². The minimum Gasteiger partial charge on any atom is -0.328 e. The molecule has 1 saturated heterocycles. The van der Waals surface area contributed by atoms with Crippen molar-refractivity contribution in [2.24, 2.45) is 5.10 Å². The Kier molecular flexibility index (Phi) is 5.20. The summed E-state index contributed by atoms with van der Waals surface area (Å²) in [6.45, 7) is 7.50. The predicted molar refractivity (Wildman–Crippen MR) is 126 cm³/mol. The third-order valence-electron chi connectivity index (χ3n) is 6.18. The van der Waals surface area contributed by atoms with E-state index in [1.54, 1.807) is 4.90 Å². The number of benzene rings is 4. The monoisotopic (exact) mass is 394 g/mol. The van der Waals surface area contributed by atoms with Gasteiger partial charge in [0.25, 0.3) is 0 Å². The van der Waals surface area contributed by atoms with Gasteiger partial charge in [-0.1, -0.05) is 78.4 Å². The predicted octanol–water partition coefficient (Wildman–Crippen LogP) is 4.04. The zero-order valence-corrected chi connectivity index (χ0v) is 17.5. The zero-order valence-electron chi connectivity index (χ0n) is 17.5. The highest BCUT2D eigenvalue weighted by molar-refractivity contribution is 6.13.